The Bertz CT molecular complexity index is 149. The van der Waals surface area contributed by atoms with Gasteiger partial charge < -0.3 is 4.74 Å². The predicted molar refractivity (Wildman–Crippen MR) is 33.9 cm³/mol. The molecule has 1 saturated heterocycles. The summed E-state index contributed by atoms with van der Waals surface area (Å²) in [5.74, 6) is -0.0145. The van der Waals surface area contributed by atoms with Crippen molar-refractivity contribution in [2.75, 3.05) is 0 Å². The zero-order valence-electron chi connectivity index (χ0n) is 5.63. The Labute approximate surface area is 54.5 Å². The minimum absolute atomic E-state index is 0.0440. The summed E-state index contributed by atoms with van der Waals surface area (Å²) in [5, 5.41) is 0. The molecule has 1 rings (SSSR count). The highest BCUT2D eigenvalue weighted by Crippen LogP contribution is 2.21. The molecule has 2 nitrogen and oxygen atoms in total. The number of carbonyl (C=O) groups is 1. The second-order valence-electron chi connectivity index (χ2n) is 2.22. The zero-order chi connectivity index (χ0) is 6.85. The smallest absolute Gasteiger partial charge is 0.313 e. The number of ether oxygens (including phenoxy) is 1. The molecule has 0 aromatic carbocycles. The maximum atomic E-state index is 10.5. The minimum Gasteiger partial charge on any atom is -0.457 e. The van der Waals surface area contributed by atoms with Crippen molar-refractivity contribution in [1.29, 1.82) is 0 Å². The van der Waals surface area contributed by atoms with Crippen LogP contribution in [-0.4, -0.2) is 12.1 Å². The molecule has 1 fully saturated rings. The normalized spacial score (nSPS) is 34.2. The molecule has 0 bridgehead atoms. The van der Waals surface area contributed by atoms with Crippen LogP contribution in [0.25, 0.3) is 0 Å². The Morgan fingerprint density at radius 3 is 2.67 bits per heavy atom. The van der Waals surface area contributed by atoms with Gasteiger partial charge in [0.2, 0.25) is 0 Å². The maximum Gasteiger partial charge on any atom is 0.313 e. The molecule has 0 aliphatic carbocycles. The van der Waals surface area contributed by atoms with E-state index in [1.165, 1.54) is 0 Å². The molecule has 0 amide bonds. The molecule has 2 atom stereocenters. The fraction of sp³-hybridized carbons (Fsp3) is 0.571. The Morgan fingerprint density at radius 1 is 1.67 bits per heavy atom. The van der Waals surface area contributed by atoms with Gasteiger partial charge in [0.1, 0.15) is 6.10 Å². The van der Waals surface area contributed by atoms with Crippen molar-refractivity contribution in [1.82, 2.24) is 0 Å². The van der Waals surface area contributed by atoms with Crippen LogP contribution in [-0.2, 0) is 9.53 Å². The van der Waals surface area contributed by atoms with E-state index < -0.39 is 0 Å². The summed E-state index contributed by atoms with van der Waals surface area (Å²) in [4.78, 5) is 10.5. The van der Waals surface area contributed by atoms with Crippen LogP contribution in [0.1, 0.15) is 13.8 Å². The lowest BCUT2D eigenvalue weighted by Gasteiger charge is -2.29. The van der Waals surface area contributed by atoms with E-state index in [2.05, 4.69) is 0 Å². The highest BCUT2D eigenvalue weighted by molar-refractivity contribution is 5.78. The molecule has 1 heterocycles. The fourth-order valence-electron chi connectivity index (χ4n) is 0.801. The average molecular weight is 126 g/mol. The number of cyclic esters (lactones) is 1. The lowest BCUT2D eigenvalue weighted by atomic mass is 9.99. The standard InChI is InChI=1S/C7H10O2/c1-3-4-6-5(2)7(8)9-6/h3-6H,1-2H3/b4-3-. The third kappa shape index (κ3) is 0.969. The molecule has 1 aliphatic heterocycles. The first-order valence-electron chi connectivity index (χ1n) is 3.09. The van der Waals surface area contributed by atoms with E-state index in [9.17, 15) is 4.79 Å². The largest absolute Gasteiger partial charge is 0.457 e. The number of rotatable bonds is 1. The second kappa shape index (κ2) is 2.21. The van der Waals surface area contributed by atoms with Crippen LogP contribution in [0.3, 0.4) is 0 Å². The van der Waals surface area contributed by atoms with Gasteiger partial charge in [-0.15, -0.1) is 0 Å². The fourth-order valence-corrected chi connectivity index (χ4v) is 0.801. The lowest BCUT2D eigenvalue weighted by Crippen LogP contribution is -2.41. The summed E-state index contributed by atoms with van der Waals surface area (Å²) in [6.07, 6.45) is 3.84. The van der Waals surface area contributed by atoms with Crippen LogP contribution in [0.2, 0.25) is 0 Å². The molecule has 50 valence electrons. The summed E-state index contributed by atoms with van der Waals surface area (Å²) in [6.45, 7) is 3.79. The van der Waals surface area contributed by atoms with Gasteiger partial charge in [-0.3, -0.25) is 4.79 Å². The van der Waals surface area contributed by atoms with E-state index in [0.717, 1.165) is 0 Å². The van der Waals surface area contributed by atoms with Gasteiger partial charge in [0.15, 0.2) is 0 Å². The van der Waals surface area contributed by atoms with Crippen molar-refractivity contribution >= 4 is 5.97 Å². The third-order valence-corrected chi connectivity index (χ3v) is 1.50. The minimum atomic E-state index is -0.0851. The van der Waals surface area contributed by atoms with E-state index in [1.54, 1.807) is 0 Å². The molecule has 0 spiro atoms. The van der Waals surface area contributed by atoms with Crippen molar-refractivity contribution in [2.45, 2.75) is 20.0 Å². The van der Waals surface area contributed by atoms with Crippen molar-refractivity contribution in [3.63, 3.8) is 0 Å². The van der Waals surface area contributed by atoms with Gasteiger partial charge in [-0.1, -0.05) is 6.08 Å². The quantitative estimate of drug-likeness (QED) is 0.389. The van der Waals surface area contributed by atoms with E-state index >= 15 is 0 Å². The Kier molecular flexibility index (Phi) is 1.56. The summed E-state index contributed by atoms with van der Waals surface area (Å²) in [7, 11) is 0. The maximum absolute atomic E-state index is 10.5. The van der Waals surface area contributed by atoms with Crippen molar-refractivity contribution in [3.05, 3.63) is 12.2 Å². The van der Waals surface area contributed by atoms with Gasteiger partial charge in [-0.2, -0.15) is 0 Å². The van der Waals surface area contributed by atoms with Crippen LogP contribution in [0.5, 0.6) is 0 Å². The van der Waals surface area contributed by atoms with Gasteiger partial charge in [0.25, 0.3) is 0 Å². The number of hydrogen-bond donors (Lipinski definition) is 0. The number of carbonyl (C=O) groups excluding carboxylic acids is 1. The first kappa shape index (κ1) is 6.33. The monoisotopic (exact) mass is 126 g/mol. The molecule has 2 unspecified atom stereocenters. The summed E-state index contributed by atoms with van der Waals surface area (Å²) in [6, 6.07) is 0. The van der Waals surface area contributed by atoms with Crippen LogP contribution >= 0.6 is 0 Å². The first-order chi connectivity index (χ1) is 4.25. The Balaban J connectivity index is 2.42. The van der Waals surface area contributed by atoms with Gasteiger partial charge >= 0.3 is 5.97 Å². The lowest BCUT2D eigenvalue weighted by molar-refractivity contribution is -0.176. The predicted octanol–water partition coefficient (Wildman–Crippen LogP) is 1.12. The number of hydrogen-bond acceptors (Lipinski definition) is 2. The van der Waals surface area contributed by atoms with Crippen molar-refractivity contribution < 1.29 is 9.53 Å². The van der Waals surface area contributed by atoms with Crippen LogP contribution in [0, 0.1) is 5.92 Å². The van der Waals surface area contributed by atoms with Gasteiger partial charge in [0, 0.05) is 0 Å². The summed E-state index contributed by atoms with van der Waals surface area (Å²) in [5.41, 5.74) is 0. The van der Waals surface area contributed by atoms with Crippen LogP contribution in [0.15, 0.2) is 12.2 Å². The van der Waals surface area contributed by atoms with Crippen molar-refractivity contribution in [3.8, 4) is 0 Å². The molecule has 0 aromatic rings. The summed E-state index contributed by atoms with van der Waals surface area (Å²) >= 11 is 0. The van der Waals surface area contributed by atoms with E-state index in [4.69, 9.17) is 4.74 Å². The van der Waals surface area contributed by atoms with E-state index in [0.29, 0.717) is 0 Å². The number of allylic oxidation sites excluding steroid dienone is 1. The average Bonchev–Trinajstić information content (AvgIpc) is 1.88. The van der Waals surface area contributed by atoms with E-state index in [1.807, 2.05) is 26.0 Å². The van der Waals surface area contributed by atoms with Crippen molar-refractivity contribution in [2.24, 2.45) is 5.92 Å². The Morgan fingerprint density at radius 2 is 2.33 bits per heavy atom. The van der Waals surface area contributed by atoms with Crippen LogP contribution < -0.4 is 0 Å². The third-order valence-electron chi connectivity index (χ3n) is 1.50. The molecule has 0 N–H and O–H groups in total. The molecule has 9 heavy (non-hydrogen) atoms. The molecular formula is C7H10O2. The molecule has 0 radical (unpaired) electrons. The second-order valence-corrected chi connectivity index (χ2v) is 2.22. The number of esters is 1. The molecular weight excluding hydrogens is 116 g/mol. The highest BCUT2D eigenvalue weighted by Gasteiger charge is 2.35. The SMILES string of the molecule is C/C=C\C1OC(=O)C1C. The summed E-state index contributed by atoms with van der Waals surface area (Å²) < 4.78 is 4.77. The van der Waals surface area contributed by atoms with Gasteiger partial charge in [-0.25, -0.2) is 0 Å². The molecule has 0 saturated carbocycles. The molecule has 0 aromatic heterocycles. The highest BCUT2D eigenvalue weighted by atomic mass is 16.6. The Hall–Kier alpha value is -0.790. The van der Waals surface area contributed by atoms with Crippen LogP contribution in [0.4, 0.5) is 0 Å². The van der Waals surface area contributed by atoms with Gasteiger partial charge in [-0.05, 0) is 19.9 Å². The molecule has 1 aliphatic rings. The molecule has 2 heteroatoms. The topological polar surface area (TPSA) is 26.3 Å². The first-order valence-corrected chi connectivity index (χ1v) is 3.09. The van der Waals surface area contributed by atoms with E-state index in [-0.39, 0.29) is 18.0 Å². The zero-order valence-corrected chi connectivity index (χ0v) is 5.63. The van der Waals surface area contributed by atoms with Gasteiger partial charge in [0.05, 0.1) is 5.92 Å².